The normalized spacial score (nSPS) is 27.1. The fourth-order valence-corrected chi connectivity index (χ4v) is 4.80. The maximum Gasteiger partial charge on any atom is 0.290 e. The van der Waals surface area contributed by atoms with Gasteiger partial charge in [-0.15, -0.1) is 0 Å². The van der Waals surface area contributed by atoms with Gasteiger partial charge >= 0.3 is 0 Å². The maximum absolute atomic E-state index is 13.4. The summed E-state index contributed by atoms with van der Waals surface area (Å²) in [6.07, 6.45) is 4.50. The van der Waals surface area contributed by atoms with E-state index < -0.39 is 0 Å². The van der Waals surface area contributed by atoms with Crippen LogP contribution in [0.4, 0.5) is 0 Å². The van der Waals surface area contributed by atoms with E-state index in [0.29, 0.717) is 17.1 Å². The molecule has 3 aliphatic rings. The van der Waals surface area contributed by atoms with Crippen LogP contribution in [0.5, 0.6) is 0 Å². The molecule has 2 heterocycles. The summed E-state index contributed by atoms with van der Waals surface area (Å²) in [6.45, 7) is 1.46. The lowest BCUT2D eigenvalue weighted by Gasteiger charge is -2.35. The number of halogens is 1. The van der Waals surface area contributed by atoms with E-state index in [9.17, 15) is 9.59 Å². The van der Waals surface area contributed by atoms with Crippen LogP contribution < -0.4 is 0 Å². The molecule has 3 unspecified atom stereocenters. The Morgan fingerprint density at radius 1 is 1.14 bits per heavy atom. The quantitative estimate of drug-likeness (QED) is 0.755. The third-order valence-electron chi connectivity index (χ3n) is 6.05. The second-order valence-corrected chi connectivity index (χ2v) is 8.70. The van der Waals surface area contributed by atoms with Gasteiger partial charge in [0, 0.05) is 11.6 Å². The number of hydrogen-bond donors (Lipinski definition) is 0. The Hall–Kier alpha value is -1.85. The number of benzene rings is 1. The van der Waals surface area contributed by atoms with Gasteiger partial charge in [-0.05, 0) is 64.0 Å². The van der Waals surface area contributed by atoms with E-state index in [1.54, 1.807) is 0 Å². The van der Waals surface area contributed by atoms with Gasteiger partial charge in [0.15, 0.2) is 11.5 Å². The molecule has 1 amide bonds. The summed E-state index contributed by atoms with van der Waals surface area (Å²) in [4.78, 5) is 30.6. The third kappa shape index (κ3) is 3.46. The lowest BCUT2D eigenvalue weighted by molar-refractivity contribution is -0.135. The van der Waals surface area contributed by atoms with Gasteiger partial charge in [0.25, 0.3) is 5.91 Å². The van der Waals surface area contributed by atoms with Gasteiger partial charge in [0.1, 0.15) is 6.10 Å². The predicted molar refractivity (Wildman–Crippen MR) is 108 cm³/mol. The number of ether oxygens (including phenoxy) is 1. The number of hydrogen-bond acceptors (Lipinski definition) is 4. The molecule has 0 bridgehead atoms. The van der Waals surface area contributed by atoms with E-state index in [1.807, 2.05) is 43.3 Å². The Morgan fingerprint density at radius 2 is 1.86 bits per heavy atom. The summed E-state index contributed by atoms with van der Waals surface area (Å²) >= 11 is 6.07. The molecule has 1 aliphatic carbocycles. The molecule has 3 atom stereocenters. The first-order valence-electron chi connectivity index (χ1n) is 10.1. The van der Waals surface area contributed by atoms with Crippen molar-refractivity contribution in [3.8, 4) is 0 Å². The first-order valence-corrected chi connectivity index (χ1v) is 10.5. The van der Waals surface area contributed by atoms with E-state index in [4.69, 9.17) is 16.3 Å². The van der Waals surface area contributed by atoms with Crippen LogP contribution >= 0.6 is 11.6 Å². The molecule has 2 aliphatic heterocycles. The van der Waals surface area contributed by atoms with Crippen molar-refractivity contribution in [3.63, 3.8) is 0 Å². The molecule has 0 radical (unpaired) electrons. The molecule has 1 saturated carbocycles. The summed E-state index contributed by atoms with van der Waals surface area (Å²) in [5.41, 5.74) is 1.47. The van der Waals surface area contributed by atoms with Gasteiger partial charge in [-0.2, -0.15) is 0 Å². The van der Waals surface area contributed by atoms with Gasteiger partial charge in [0.2, 0.25) is 0 Å². The van der Waals surface area contributed by atoms with Crippen molar-refractivity contribution < 1.29 is 14.3 Å². The summed E-state index contributed by atoms with van der Waals surface area (Å²) in [5, 5.41) is 0.639. The highest BCUT2D eigenvalue weighted by Crippen LogP contribution is 2.46. The molecule has 1 aromatic rings. The average Bonchev–Trinajstić information content (AvgIpc) is 2.95. The highest BCUT2D eigenvalue weighted by Gasteiger charge is 2.51. The number of fused-ring (bicyclic) bond motifs is 1. The second-order valence-electron chi connectivity index (χ2n) is 8.26. The number of rotatable bonds is 5. The summed E-state index contributed by atoms with van der Waals surface area (Å²) in [6, 6.07) is 7.08. The van der Waals surface area contributed by atoms with Gasteiger partial charge in [-0.3, -0.25) is 9.59 Å². The molecular weight excluding hydrogens is 376 g/mol. The first kappa shape index (κ1) is 19.5. The molecule has 0 saturated heterocycles. The fourth-order valence-electron chi connectivity index (χ4n) is 4.67. The molecule has 5 nitrogen and oxygen atoms in total. The number of Topliss-reactive ketones (excluding diaryl/α,β-unsaturated/α-hetero) is 1. The second kappa shape index (κ2) is 7.88. The number of ketones is 1. The van der Waals surface area contributed by atoms with E-state index in [-0.39, 0.29) is 35.5 Å². The highest BCUT2D eigenvalue weighted by atomic mass is 35.5. The number of amides is 1. The summed E-state index contributed by atoms with van der Waals surface area (Å²) in [5.74, 6) is 0.134. The van der Waals surface area contributed by atoms with Crippen LogP contribution in [0.2, 0.25) is 5.02 Å². The lowest BCUT2D eigenvalue weighted by Crippen LogP contribution is -2.39. The van der Waals surface area contributed by atoms with E-state index in [2.05, 4.69) is 4.90 Å². The Balaban J connectivity index is 1.70. The standard InChI is InChI=1S/C22H27ClN2O3/c1-24(2)12-5-13-25-19(14-8-10-15(23)11-9-14)18-20(26)16-6-3-4-7-17(16)28-21(18)22(25)27/h8-11,16-17,19H,3-7,12-13H2,1-2H3. The molecule has 1 aromatic carbocycles. The van der Waals surface area contributed by atoms with Crippen LogP contribution in [0.3, 0.4) is 0 Å². The Bertz CT molecular complexity index is 803. The van der Waals surface area contributed by atoms with Crippen molar-refractivity contribution in [1.29, 1.82) is 0 Å². The van der Waals surface area contributed by atoms with Crippen molar-refractivity contribution >= 4 is 23.3 Å². The molecule has 28 heavy (non-hydrogen) atoms. The smallest absolute Gasteiger partial charge is 0.290 e. The van der Waals surface area contributed by atoms with Crippen LogP contribution in [0.25, 0.3) is 0 Å². The van der Waals surface area contributed by atoms with Crippen molar-refractivity contribution in [2.24, 2.45) is 5.92 Å². The average molecular weight is 403 g/mol. The zero-order valence-corrected chi connectivity index (χ0v) is 17.2. The molecule has 0 aromatic heterocycles. The predicted octanol–water partition coefficient (Wildman–Crippen LogP) is 3.59. The van der Waals surface area contributed by atoms with Crippen LogP contribution in [0.1, 0.15) is 43.7 Å². The van der Waals surface area contributed by atoms with E-state index >= 15 is 0 Å². The molecule has 1 fully saturated rings. The SMILES string of the molecule is CN(C)CCCN1C(=O)C2=C(C(=O)C3CCCCC3O2)C1c1ccc(Cl)cc1. The molecule has 4 rings (SSSR count). The number of nitrogens with zero attached hydrogens (tertiary/aromatic N) is 2. The maximum atomic E-state index is 13.4. The first-order chi connectivity index (χ1) is 13.5. The van der Waals surface area contributed by atoms with Crippen LogP contribution in [0, 0.1) is 5.92 Å². The van der Waals surface area contributed by atoms with Gasteiger partial charge in [-0.1, -0.05) is 30.2 Å². The number of carbonyl (C=O) groups excluding carboxylic acids is 2. The third-order valence-corrected chi connectivity index (χ3v) is 6.30. The Kier molecular flexibility index (Phi) is 5.48. The van der Waals surface area contributed by atoms with Gasteiger partial charge in [-0.25, -0.2) is 0 Å². The molecule has 0 N–H and O–H groups in total. The topological polar surface area (TPSA) is 49.9 Å². The Morgan fingerprint density at radius 3 is 2.57 bits per heavy atom. The summed E-state index contributed by atoms with van der Waals surface area (Å²) in [7, 11) is 4.03. The molecular formula is C22H27ClN2O3. The molecule has 0 spiro atoms. The van der Waals surface area contributed by atoms with Gasteiger partial charge < -0.3 is 14.5 Å². The van der Waals surface area contributed by atoms with E-state index in [0.717, 1.165) is 44.2 Å². The van der Waals surface area contributed by atoms with Crippen LogP contribution in [-0.2, 0) is 14.3 Å². The minimum absolute atomic E-state index is 0.106. The van der Waals surface area contributed by atoms with Gasteiger partial charge in [0.05, 0.1) is 17.5 Å². The van der Waals surface area contributed by atoms with Crippen molar-refractivity contribution in [2.45, 2.75) is 44.2 Å². The lowest BCUT2D eigenvalue weighted by atomic mass is 9.77. The largest absolute Gasteiger partial charge is 0.483 e. The molecule has 6 heteroatoms. The fraction of sp³-hybridized carbons (Fsp3) is 0.545. The van der Waals surface area contributed by atoms with E-state index in [1.165, 1.54) is 0 Å². The van der Waals surface area contributed by atoms with Crippen LogP contribution in [-0.4, -0.2) is 54.8 Å². The monoisotopic (exact) mass is 402 g/mol. The summed E-state index contributed by atoms with van der Waals surface area (Å²) < 4.78 is 6.16. The minimum atomic E-state index is -0.377. The zero-order chi connectivity index (χ0) is 19.8. The number of carbonyl (C=O) groups is 2. The van der Waals surface area contributed by atoms with Crippen LogP contribution in [0.15, 0.2) is 35.6 Å². The molecule has 150 valence electrons. The van der Waals surface area contributed by atoms with Crippen molar-refractivity contribution in [2.75, 3.05) is 27.2 Å². The Labute approximate surface area is 171 Å². The van der Waals surface area contributed by atoms with Crippen molar-refractivity contribution in [3.05, 3.63) is 46.2 Å². The highest BCUT2D eigenvalue weighted by molar-refractivity contribution is 6.30. The minimum Gasteiger partial charge on any atom is -0.483 e. The van der Waals surface area contributed by atoms with Crippen molar-refractivity contribution in [1.82, 2.24) is 9.80 Å². The zero-order valence-electron chi connectivity index (χ0n) is 16.5.